The lowest BCUT2D eigenvalue weighted by atomic mass is 9.86. The number of hydrogen-bond acceptors (Lipinski definition) is 2. The lowest BCUT2D eigenvalue weighted by Crippen LogP contribution is -2.35. The lowest BCUT2D eigenvalue weighted by Gasteiger charge is -2.24. The molecule has 0 aromatic carbocycles. The number of carbonyl (C=O) groups is 2. The van der Waals surface area contributed by atoms with Crippen LogP contribution in [0.4, 0.5) is 0 Å². The maximum absolute atomic E-state index is 11.7. The molecule has 2 aliphatic rings. The van der Waals surface area contributed by atoms with Crippen molar-refractivity contribution < 1.29 is 9.59 Å². The molecule has 0 N–H and O–H groups in total. The highest BCUT2D eigenvalue weighted by Gasteiger charge is 2.45. The molecule has 4 nitrogen and oxygen atoms in total. The van der Waals surface area contributed by atoms with Crippen molar-refractivity contribution in [2.45, 2.75) is 39.5 Å². The van der Waals surface area contributed by atoms with Crippen LogP contribution >= 0.6 is 0 Å². The summed E-state index contributed by atoms with van der Waals surface area (Å²) >= 11 is 0. The molecule has 2 rings (SSSR count). The van der Waals surface area contributed by atoms with E-state index in [0.29, 0.717) is 12.8 Å². The summed E-state index contributed by atoms with van der Waals surface area (Å²) in [6.45, 7) is 7.28. The van der Waals surface area contributed by atoms with Crippen LogP contribution in [0.15, 0.2) is 0 Å². The lowest BCUT2D eigenvalue weighted by molar-refractivity contribution is -0.130. The number of rotatable bonds is 2. The van der Waals surface area contributed by atoms with E-state index in [9.17, 15) is 9.59 Å². The van der Waals surface area contributed by atoms with Crippen LogP contribution in [-0.2, 0) is 9.59 Å². The van der Waals surface area contributed by atoms with Gasteiger partial charge in [-0.2, -0.15) is 0 Å². The first-order valence-electron chi connectivity index (χ1n) is 6.66. The maximum Gasteiger partial charge on any atom is 0.222 e. The van der Waals surface area contributed by atoms with E-state index < -0.39 is 0 Å². The quantitative estimate of drug-likeness (QED) is 0.726. The minimum atomic E-state index is 0.204. The number of amides is 2. The average molecular weight is 238 g/mol. The normalized spacial score (nSPS) is 22.5. The van der Waals surface area contributed by atoms with Gasteiger partial charge in [0.1, 0.15) is 0 Å². The molecule has 2 fully saturated rings. The van der Waals surface area contributed by atoms with Crippen LogP contribution in [0.5, 0.6) is 0 Å². The third-order valence-corrected chi connectivity index (χ3v) is 4.19. The standard InChI is InChI=1S/C13H22N2O2/c1-3-11(16)14-7-5-13(9-14)6-8-15(10-13)12(17)4-2/h3-10H2,1-2H3. The number of hydrogen-bond donors (Lipinski definition) is 0. The van der Waals surface area contributed by atoms with Crippen molar-refractivity contribution in [3.05, 3.63) is 0 Å². The van der Waals surface area contributed by atoms with Gasteiger partial charge in [0, 0.05) is 44.4 Å². The molecule has 0 saturated carbocycles. The van der Waals surface area contributed by atoms with Gasteiger partial charge in [-0.15, -0.1) is 0 Å². The topological polar surface area (TPSA) is 40.6 Å². The molecular formula is C13H22N2O2. The SMILES string of the molecule is CCC(=O)N1CCC2(CCN(C(=O)CC)C2)C1. The van der Waals surface area contributed by atoms with Crippen molar-refractivity contribution in [3.63, 3.8) is 0 Å². The van der Waals surface area contributed by atoms with Gasteiger partial charge in [0.25, 0.3) is 0 Å². The van der Waals surface area contributed by atoms with Crippen molar-refractivity contribution >= 4 is 11.8 Å². The van der Waals surface area contributed by atoms with Crippen LogP contribution in [0.3, 0.4) is 0 Å². The van der Waals surface area contributed by atoms with Gasteiger partial charge in [0.15, 0.2) is 0 Å². The van der Waals surface area contributed by atoms with Crippen molar-refractivity contribution in [3.8, 4) is 0 Å². The van der Waals surface area contributed by atoms with E-state index in [4.69, 9.17) is 0 Å². The molecule has 0 unspecified atom stereocenters. The van der Waals surface area contributed by atoms with Gasteiger partial charge in [-0.05, 0) is 12.8 Å². The van der Waals surface area contributed by atoms with Crippen molar-refractivity contribution in [2.24, 2.45) is 5.41 Å². The maximum atomic E-state index is 11.7. The van der Waals surface area contributed by atoms with E-state index in [-0.39, 0.29) is 17.2 Å². The smallest absolute Gasteiger partial charge is 0.222 e. The summed E-state index contributed by atoms with van der Waals surface area (Å²) in [4.78, 5) is 27.3. The third-order valence-electron chi connectivity index (χ3n) is 4.19. The molecule has 2 aliphatic heterocycles. The van der Waals surface area contributed by atoms with Crippen molar-refractivity contribution in [2.75, 3.05) is 26.2 Å². The van der Waals surface area contributed by atoms with Crippen LogP contribution in [0.2, 0.25) is 0 Å². The summed E-state index contributed by atoms with van der Waals surface area (Å²) in [6.07, 6.45) is 3.31. The molecule has 0 aromatic rings. The Balaban J connectivity index is 1.96. The first-order valence-corrected chi connectivity index (χ1v) is 6.66. The Morgan fingerprint density at radius 2 is 1.35 bits per heavy atom. The first kappa shape index (κ1) is 12.4. The van der Waals surface area contributed by atoms with Gasteiger partial charge in [0.2, 0.25) is 11.8 Å². The molecule has 0 atom stereocenters. The summed E-state index contributed by atoms with van der Waals surface area (Å²) in [7, 11) is 0. The zero-order valence-electron chi connectivity index (χ0n) is 10.9. The third kappa shape index (κ3) is 2.31. The van der Waals surface area contributed by atoms with Crippen LogP contribution in [0.1, 0.15) is 39.5 Å². The van der Waals surface area contributed by atoms with Crippen molar-refractivity contribution in [1.82, 2.24) is 9.80 Å². The van der Waals surface area contributed by atoms with E-state index in [1.807, 2.05) is 23.6 Å². The fraction of sp³-hybridized carbons (Fsp3) is 0.846. The molecule has 0 bridgehead atoms. The highest BCUT2D eigenvalue weighted by Crippen LogP contribution is 2.39. The van der Waals surface area contributed by atoms with Gasteiger partial charge in [0.05, 0.1) is 0 Å². The highest BCUT2D eigenvalue weighted by molar-refractivity contribution is 5.77. The summed E-state index contributed by atoms with van der Waals surface area (Å²) in [5.41, 5.74) is 0.204. The number of likely N-dealkylation sites (tertiary alicyclic amines) is 2. The predicted octanol–water partition coefficient (Wildman–Crippen LogP) is 1.26. The predicted molar refractivity (Wildman–Crippen MR) is 65.4 cm³/mol. The minimum Gasteiger partial charge on any atom is -0.342 e. The Morgan fingerprint density at radius 1 is 0.941 bits per heavy atom. The highest BCUT2D eigenvalue weighted by atomic mass is 16.2. The molecule has 1 spiro atoms. The molecule has 0 radical (unpaired) electrons. The van der Waals surface area contributed by atoms with E-state index in [0.717, 1.165) is 39.0 Å². The van der Waals surface area contributed by atoms with Crippen LogP contribution in [-0.4, -0.2) is 47.8 Å². The molecule has 17 heavy (non-hydrogen) atoms. The Morgan fingerprint density at radius 3 is 1.71 bits per heavy atom. The molecule has 4 heteroatoms. The summed E-state index contributed by atoms with van der Waals surface area (Å²) in [5.74, 6) is 0.504. The van der Waals surface area contributed by atoms with Crippen LogP contribution in [0.25, 0.3) is 0 Å². The second-order valence-electron chi connectivity index (χ2n) is 5.34. The molecule has 2 heterocycles. The minimum absolute atomic E-state index is 0.204. The Labute approximate surface area is 103 Å². The van der Waals surface area contributed by atoms with Gasteiger partial charge in [-0.3, -0.25) is 9.59 Å². The monoisotopic (exact) mass is 238 g/mol. The Bertz CT molecular complexity index is 295. The van der Waals surface area contributed by atoms with E-state index in [1.165, 1.54) is 0 Å². The van der Waals surface area contributed by atoms with E-state index >= 15 is 0 Å². The van der Waals surface area contributed by atoms with E-state index in [1.54, 1.807) is 0 Å². The second kappa shape index (κ2) is 4.67. The Kier molecular flexibility index (Phi) is 3.40. The largest absolute Gasteiger partial charge is 0.342 e. The molecule has 2 amide bonds. The molecular weight excluding hydrogens is 216 g/mol. The number of nitrogens with zero attached hydrogens (tertiary/aromatic N) is 2. The van der Waals surface area contributed by atoms with Crippen LogP contribution in [0, 0.1) is 5.41 Å². The van der Waals surface area contributed by atoms with Crippen molar-refractivity contribution in [1.29, 1.82) is 0 Å². The van der Waals surface area contributed by atoms with Gasteiger partial charge in [-0.25, -0.2) is 0 Å². The number of carbonyl (C=O) groups excluding carboxylic acids is 2. The summed E-state index contributed by atoms with van der Waals surface area (Å²) in [5, 5.41) is 0. The Hall–Kier alpha value is -1.06. The average Bonchev–Trinajstić information content (AvgIpc) is 2.96. The van der Waals surface area contributed by atoms with Crippen LogP contribution < -0.4 is 0 Å². The summed E-state index contributed by atoms with van der Waals surface area (Å²) in [6, 6.07) is 0. The molecule has 2 saturated heterocycles. The molecule has 0 aromatic heterocycles. The van der Waals surface area contributed by atoms with Gasteiger partial charge >= 0.3 is 0 Å². The van der Waals surface area contributed by atoms with Gasteiger partial charge < -0.3 is 9.80 Å². The zero-order valence-corrected chi connectivity index (χ0v) is 10.9. The zero-order chi connectivity index (χ0) is 12.5. The second-order valence-corrected chi connectivity index (χ2v) is 5.34. The fourth-order valence-electron chi connectivity index (χ4n) is 3.08. The molecule has 96 valence electrons. The fourth-order valence-corrected chi connectivity index (χ4v) is 3.08. The molecule has 0 aliphatic carbocycles. The van der Waals surface area contributed by atoms with Gasteiger partial charge in [-0.1, -0.05) is 13.8 Å². The van der Waals surface area contributed by atoms with E-state index in [2.05, 4.69) is 0 Å². The first-order chi connectivity index (χ1) is 8.10. The summed E-state index contributed by atoms with van der Waals surface area (Å²) < 4.78 is 0.